The highest BCUT2D eigenvalue weighted by Crippen LogP contribution is 2.19. The standard InChI is InChI=1S/C12H15N3O/c1-2-15(12(16)7-8-13)11-6-4-3-5-10(11)9-14/h3-6H,2,7-8,13H2,1H3. The largest absolute Gasteiger partial charge is 0.330 e. The van der Waals surface area contributed by atoms with E-state index >= 15 is 0 Å². The van der Waals surface area contributed by atoms with E-state index in [9.17, 15) is 4.79 Å². The quantitative estimate of drug-likeness (QED) is 0.825. The van der Waals surface area contributed by atoms with E-state index < -0.39 is 0 Å². The molecule has 0 aliphatic heterocycles. The van der Waals surface area contributed by atoms with Gasteiger partial charge < -0.3 is 10.6 Å². The Morgan fingerprint density at radius 2 is 2.19 bits per heavy atom. The van der Waals surface area contributed by atoms with Crippen molar-refractivity contribution in [2.75, 3.05) is 18.0 Å². The summed E-state index contributed by atoms with van der Waals surface area (Å²) in [4.78, 5) is 13.4. The minimum Gasteiger partial charge on any atom is -0.330 e. The zero-order chi connectivity index (χ0) is 12.0. The van der Waals surface area contributed by atoms with Gasteiger partial charge in [-0.25, -0.2) is 0 Å². The fourth-order valence-electron chi connectivity index (χ4n) is 1.54. The molecule has 0 fully saturated rings. The molecule has 1 rings (SSSR count). The first kappa shape index (κ1) is 12.2. The molecule has 1 amide bonds. The van der Waals surface area contributed by atoms with E-state index in [1.54, 1.807) is 23.1 Å². The second-order valence-corrected chi connectivity index (χ2v) is 3.31. The van der Waals surface area contributed by atoms with Crippen molar-refractivity contribution in [3.8, 4) is 6.07 Å². The van der Waals surface area contributed by atoms with Crippen LogP contribution in [-0.4, -0.2) is 19.0 Å². The van der Waals surface area contributed by atoms with E-state index in [2.05, 4.69) is 6.07 Å². The van der Waals surface area contributed by atoms with Gasteiger partial charge in [0.2, 0.25) is 5.91 Å². The Balaban J connectivity index is 3.04. The molecule has 1 aromatic rings. The lowest BCUT2D eigenvalue weighted by atomic mass is 10.1. The molecule has 0 unspecified atom stereocenters. The number of nitrogens with zero attached hydrogens (tertiary/aromatic N) is 2. The number of hydrogen-bond donors (Lipinski definition) is 1. The van der Waals surface area contributed by atoms with Crippen molar-refractivity contribution in [2.24, 2.45) is 5.73 Å². The SMILES string of the molecule is CCN(C(=O)CCN)c1ccccc1C#N. The fourth-order valence-corrected chi connectivity index (χ4v) is 1.54. The topological polar surface area (TPSA) is 70.1 Å². The summed E-state index contributed by atoms with van der Waals surface area (Å²) in [6, 6.07) is 9.15. The Morgan fingerprint density at radius 1 is 1.50 bits per heavy atom. The molecule has 0 saturated carbocycles. The predicted octanol–water partition coefficient (Wildman–Crippen LogP) is 1.26. The minimum absolute atomic E-state index is 0.0484. The van der Waals surface area contributed by atoms with E-state index in [0.717, 1.165) is 0 Å². The molecule has 0 aliphatic carbocycles. The lowest BCUT2D eigenvalue weighted by Crippen LogP contribution is -2.32. The minimum atomic E-state index is -0.0484. The third-order valence-electron chi connectivity index (χ3n) is 2.29. The molecule has 0 heterocycles. The Morgan fingerprint density at radius 3 is 2.75 bits per heavy atom. The first-order chi connectivity index (χ1) is 7.74. The number of nitriles is 1. The second-order valence-electron chi connectivity index (χ2n) is 3.31. The number of carbonyl (C=O) groups excluding carboxylic acids is 1. The number of carbonyl (C=O) groups is 1. The maximum absolute atomic E-state index is 11.8. The van der Waals surface area contributed by atoms with Gasteiger partial charge in [-0.2, -0.15) is 5.26 Å². The van der Waals surface area contributed by atoms with Crippen LogP contribution in [0.25, 0.3) is 0 Å². The molecule has 1 aromatic carbocycles. The van der Waals surface area contributed by atoms with Gasteiger partial charge >= 0.3 is 0 Å². The van der Waals surface area contributed by atoms with Gasteiger partial charge in [0.05, 0.1) is 11.3 Å². The summed E-state index contributed by atoms with van der Waals surface area (Å²) in [6.45, 7) is 2.74. The monoisotopic (exact) mass is 217 g/mol. The van der Waals surface area contributed by atoms with Crippen molar-refractivity contribution in [3.05, 3.63) is 29.8 Å². The molecule has 0 radical (unpaired) electrons. The summed E-state index contributed by atoms with van der Waals surface area (Å²) in [5, 5.41) is 8.96. The average Bonchev–Trinajstić information content (AvgIpc) is 2.31. The van der Waals surface area contributed by atoms with Crippen LogP contribution in [0.4, 0.5) is 5.69 Å². The first-order valence-corrected chi connectivity index (χ1v) is 5.24. The highest BCUT2D eigenvalue weighted by molar-refractivity contribution is 5.94. The van der Waals surface area contributed by atoms with E-state index in [4.69, 9.17) is 11.0 Å². The van der Waals surface area contributed by atoms with Crippen LogP contribution in [0.3, 0.4) is 0 Å². The summed E-state index contributed by atoms with van der Waals surface area (Å²) in [7, 11) is 0. The van der Waals surface area contributed by atoms with Crippen LogP contribution in [-0.2, 0) is 4.79 Å². The number of benzene rings is 1. The third kappa shape index (κ3) is 2.59. The smallest absolute Gasteiger partial charge is 0.228 e. The van der Waals surface area contributed by atoms with E-state index in [-0.39, 0.29) is 5.91 Å². The van der Waals surface area contributed by atoms with Crippen molar-refractivity contribution in [3.63, 3.8) is 0 Å². The van der Waals surface area contributed by atoms with Crippen molar-refractivity contribution in [1.82, 2.24) is 0 Å². The summed E-state index contributed by atoms with van der Waals surface area (Å²) in [5.74, 6) is -0.0484. The Labute approximate surface area is 95.3 Å². The van der Waals surface area contributed by atoms with Gasteiger partial charge in [-0.3, -0.25) is 4.79 Å². The van der Waals surface area contributed by atoms with Crippen LogP contribution in [0.1, 0.15) is 18.9 Å². The van der Waals surface area contributed by atoms with E-state index in [0.29, 0.717) is 30.8 Å². The van der Waals surface area contributed by atoms with Gasteiger partial charge in [-0.05, 0) is 19.1 Å². The molecular formula is C12H15N3O. The Bertz CT molecular complexity index is 409. The van der Waals surface area contributed by atoms with Crippen LogP contribution in [0.2, 0.25) is 0 Å². The molecule has 0 aromatic heterocycles. The van der Waals surface area contributed by atoms with Crippen LogP contribution in [0.5, 0.6) is 0 Å². The van der Waals surface area contributed by atoms with Crippen LogP contribution >= 0.6 is 0 Å². The van der Waals surface area contributed by atoms with Crippen LogP contribution in [0, 0.1) is 11.3 Å². The summed E-state index contributed by atoms with van der Waals surface area (Å²) >= 11 is 0. The average molecular weight is 217 g/mol. The van der Waals surface area contributed by atoms with Crippen LogP contribution in [0.15, 0.2) is 24.3 Å². The van der Waals surface area contributed by atoms with Gasteiger partial charge in [0.25, 0.3) is 0 Å². The van der Waals surface area contributed by atoms with Gasteiger partial charge in [-0.1, -0.05) is 12.1 Å². The number of rotatable bonds is 4. The highest BCUT2D eigenvalue weighted by atomic mass is 16.2. The molecule has 0 atom stereocenters. The molecule has 16 heavy (non-hydrogen) atoms. The number of hydrogen-bond acceptors (Lipinski definition) is 3. The normalized spacial score (nSPS) is 9.56. The highest BCUT2D eigenvalue weighted by Gasteiger charge is 2.15. The van der Waals surface area contributed by atoms with E-state index in [1.165, 1.54) is 0 Å². The third-order valence-corrected chi connectivity index (χ3v) is 2.29. The number of nitrogens with two attached hydrogens (primary N) is 1. The molecule has 0 saturated heterocycles. The molecule has 4 nitrogen and oxygen atoms in total. The van der Waals surface area contributed by atoms with E-state index in [1.807, 2.05) is 13.0 Å². The molecule has 0 aliphatic rings. The lowest BCUT2D eigenvalue weighted by molar-refractivity contribution is -0.118. The Hall–Kier alpha value is -1.86. The maximum atomic E-state index is 11.8. The molecule has 84 valence electrons. The van der Waals surface area contributed by atoms with Crippen molar-refractivity contribution >= 4 is 11.6 Å². The van der Waals surface area contributed by atoms with Crippen molar-refractivity contribution < 1.29 is 4.79 Å². The Kier molecular flexibility index (Phi) is 4.49. The summed E-state index contributed by atoms with van der Waals surface area (Å²) in [5.41, 5.74) is 6.53. The van der Waals surface area contributed by atoms with Gasteiger partial charge in [0.1, 0.15) is 6.07 Å². The molecular weight excluding hydrogens is 202 g/mol. The van der Waals surface area contributed by atoms with Gasteiger partial charge in [0.15, 0.2) is 0 Å². The molecule has 0 spiro atoms. The fraction of sp³-hybridized carbons (Fsp3) is 0.333. The van der Waals surface area contributed by atoms with Gasteiger partial charge in [-0.15, -0.1) is 0 Å². The zero-order valence-electron chi connectivity index (χ0n) is 9.31. The molecule has 2 N–H and O–H groups in total. The number of anilines is 1. The summed E-state index contributed by atoms with van der Waals surface area (Å²) < 4.78 is 0. The maximum Gasteiger partial charge on any atom is 0.228 e. The van der Waals surface area contributed by atoms with Crippen molar-refractivity contribution in [2.45, 2.75) is 13.3 Å². The predicted molar refractivity (Wildman–Crippen MR) is 62.9 cm³/mol. The second kappa shape index (κ2) is 5.89. The van der Waals surface area contributed by atoms with Crippen molar-refractivity contribution in [1.29, 1.82) is 5.26 Å². The molecule has 4 heteroatoms. The zero-order valence-corrected chi connectivity index (χ0v) is 9.31. The number of amides is 1. The number of para-hydroxylation sites is 1. The first-order valence-electron chi connectivity index (χ1n) is 5.24. The van der Waals surface area contributed by atoms with Gasteiger partial charge in [0, 0.05) is 19.5 Å². The van der Waals surface area contributed by atoms with Crippen LogP contribution < -0.4 is 10.6 Å². The lowest BCUT2D eigenvalue weighted by Gasteiger charge is -2.21. The summed E-state index contributed by atoms with van der Waals surface area (Å²) in [6.07, 6.45) is 0.299. The molecule has 0 bridgehead atoms.